The minimum absolute atomic E-state index is 0.0873. The third kappa shape index (κ3) is 3.19. The van der Waals surface area contributed by atoms with Gasteiger partial charge in [-0.15, -0.1) is 0 Å². The molecule has 112 valence electrons. The summed E-state index contributed by atoms with van der Waals surface area (Å²) in [6.07, 6.45) is -0.760. The highest BCUT2D eigenvalue weighted by molar-refractivity contribution is 5.84. The number of fused-ring (bicyclic) bond motifs is 1. The van der Waals surface area contributed by atoms with Crippen molar-refractivity contribution >= 4 is 17.0 Å². The van der Waals surface area contributed by atoms with Crippen molar-refractivity contribution in [3.05, 3.63) is 35.5 Å². The van der Waals surface area contributed by atoms with E-state index in [0.717, 1.165) is 0 Å². The van der Waals surface area contributed by atoms with Crippen molar-refractivity contribution < 1.29 is 20.5 Å². The number of carbonyl (C=O) groups excluding carboxylic acids is 1. The van der Waals surface area contributed by atoms with E-state index in [1.54, 1.807) is 24.4 Å². The lowest BCUT2D eigenvalue weighted by Gasteiger charge is -2.09. The number of aromatic amines is 1. The molecule has 21 heavy (non-hydrogen) atoms. The molecule has 0 radical (unpaired) electrons. The van der Waals surface area contributed by atoms with Gasteiger partial charge in [0.15, 0.2) is 0 Å². The average molecular weight is 295 g/mol. The van der Waals surface area contributed by atoms with Crippen LogP contribution in [0.3, 0.4) is 0 Å². The number of nitrogens with zero attached hydrogens (tertiary/aromatic N) is 1. The summed E-state index contributed by atoms with van der Waals surface area (Å²) in [4.78, 5) is 14.8. The van der Waals surface area contributed by atoms with Gasteiger partial charge in [0.25, 0.3) is 0 Å². The van der Waals surface area contributed by atoms with Crippen LogP contribution in [-0.2, 0) is 17.5 Å². The van der Waals surface area contributed by atoms with Crippen LogP contribution in [0.15, 0.2) is 24.4 Å². The van der Waals surface area contributed by atoms with Crippen LogP contribution >= 0.6 is 0 Å². The van der Waals surface area contributed by atoms with Gasteiger partial charge in [-0.05, 0) is 50.0 Å². The first kappa shape index (κ1) is 7.31. The standard InChI is InChI=1S/C16H21N3O2/c1-19(2)6-5-12-9-17-15-4-3-11(8-14(12)15)7-13-10-21-16(20)18-13/h3-4,8-9,13,17H,5-7,10H2,1-2H3,(H,18,20)/t13-/m0/s1/i1D3,2D3,7D2. The van der Waals surface area contributed by atoms with Crippen LogP contribution in [0.2, 0.25) is 0 Å². The summed E-state index contributed by atoms with van der Waals surface area (Å²) in [5.74, 6) is 0. The maximum atomic E-state index is 11.3. The summed E-state index contributed by atoms with van der Waals surface area (Å²) in [5.41, 5.74) is 1.70. The molecular weight excluding hydrogens is 266 g/mol. The average Bonchev–Trinajstić information content (AvgIpc) is 3.19. The summed E-state index contributed by atoms with van der Waals surface area (Å²) in [6, 6.07) is 4.08. The van der Waals surface area contributed by atoms with Gasteiger partial charge >= 0.3 is 6.09 Å². The molecule has 0 aliphatic carbocycles. The Bertz CT molecular complexity index is 892. The summed E-state index contributed by atoms with van der Waals surface area (Å²) < 4.78 is 66.3. The normalized spacial score (nSPS) is 25.8. The fraction of sp³-hybridized carbons (Fsp3) is 0.438. The SMILES string of the molecule is [2H]C([2H])(c1ccc2[nH]cc(CCN(C([2H])([2H])[2H])C([2H])([2H])[2H])c2c1)[C@H]1COC(=O)N1. The fourth-order valence-corrected chi connectivity index (χ4v) is 2.37. The van der Waals surface area contributed by atoms with E-state index >= 15 is 0 Å². The monoisotopic (exact) mass is 295 g/mol. The number of ether oxygens (including phenoxy) is 1. The van der Waals surface area contributed by atoms with Crippen LogP contribution in [-0.4, -0.2) is 49.1 Å². The number of hydrogen-bond donors (Lipinski definition) is 2. The maximum Gasteiger partial charge on any atom is 0.407 e. The van der Waals surface area contributed by atoms with Crippen LogP contribution in [0.25, 0.3) is 10.9 Å². The van der Waals surface area contributed by atoms with Crippen molar-refractivity contribution in [3.8, 4) is 0 Å². The predicted octanol–water partition coefficient (Wildman–Crippen LogP) is 1.92. The summed E-state index contributed by atoms with van der Waals surface area (Å²) in [7, 11) is 0. The Kier molecular flexibility index (Phi) is 2.01. The second-order valence-corrected chi connectivity index (χ2v) is 4.92. The number of likely N-dealkylation sites (N-methyl/N-ethyl adjacent to an activating group) is 1. The Balaban J connectivity index is 1.87. The molecule has 1 amide bonds. The number of cyclic esters (lactones) is 1. The van der Waals surface area contributed by atoms with E-state index in [4.69, 9.17) is 15.7 Å². The topological polar surface area (TPSA) is 57.4 Å². The second-order valence-electron chi connectivity index (χ2n) is 4.92. The number of benzene rings is 1. The number of amides is 1. The van der Waals surface area contributed by atoms with E-state index < -0.39 is 32.5 Å². The zero-order valence-electron chi connectivity index (χ0n) is 19.3. The molecule has 0 spiro atoms. The predicted molar refractivity (Wildman–Crippen MR) is 82.5 cm³/mol. The number of hydrogen-bond acceptors (Lipinski definition) is 3. The molecule has 1 aliphatic rings. The van der Waals surface area contributed by atoms with Gasteiger partial charge in [0, 0.05) is 34.6 Å². The van der Waals surface area contributed by atoms with Crippen molar-refractivity contribution in [2.45, 2.75) is 18.8 Å². The fourth-order valence-electron chi connectivity index (χ4n) is 2.37. The highest BCUT2D eigenvalue weighted by atomic mass is 16.6. The number of aromatic nitrogens is 1. The number of nitrogens with one attached hydrogen (secondary N) is 2. The van der Waals surface area contributed by atoms with Crippen LogP contribution in [0.1, 0.15) is 22.1 Å². The van der Waals surface area contributed by atoms with Crippen LogP contribution in [0, 0.1) is 0 Å². The second kappa shape index (κ2) is 5.77. The first-order chi connectivity index (χ1) is 13.3. The first-order valence-electron chi connectivity index (χ1n) is 10.6. The zero-order chi connectivity index (χ0) is 21.6. The van der Waals surface area contributed by atoms with Crippen LogP contribution < -0.4 is 5.32 Å². The first-order valence-corrected chi connectivity index (χ1v) is 6.61. The molecule has 0 saturated carbocycles. The Morgan fingerprint density at radius 2 is 2.43 bits per heavy atom. The van der Waals surface area contributed by atoms with Gasteiger partial charge in [0.2, 0.25) is 0 Å². The van der Waals surface area contributed by atoms with Gasteiger partial charge in [0.05, 0.1) is 6.04 Å². The number of carbonyl (C=O) groups is 1. The van der Waals surface area contributed by atoms with Gasteiger partial charge in [-0.2, -0.15) is 0 Å². The lowest BCUT2D eigenvalue weighted by atomic mass is 10.0. The van der Waals surface area contributed by atoms with Gasteiger partial charge in [0.1, 0.15) is 6.61 Å². The minimum atomic E-state index is -2.76. The summed E-state index contributed by atoms with van der Waals surface area (Å²) in [5, 5.41) is 3.11. The molecule has 2 aromatic rings. The third-order valence-corrected chi connectivity index (χ3v) is 3.39. The smallest absolute Gasteiger partial charge is 0.407 e. The molecule has 0 unspecified atom stereocenters. The molecule has 1 atom stereocenters. The highest BCUT2D eigenvalue weighted by Crippen LogP contribution is 2.21. The quantitative estimate of drug-likeness (QED) is 0.886. The number of H-pyrrole nitrogens is 1. The van der Waals surface area contributed by atoms with E-state index in [-0.39, 0.29) is 19.6 Å². The molecule has 1 aromatic carbocycles. The summed E-state index contributed by atoms with van der Waals surface area (Å²) >= 11 is 0. The lowest BCUT2D eigenvalue weighted by molar-refractivity contribution is 0.177. The van der Waals surface area contributed by atoms with Crippen molar-refractivity contribution in [2.24, 2.45) is 0 Å². The Morgan fingerprint density at radius 1 is 1.52 bits per heavy atom. The maximum absolute atomic E-state index is 11.3. The largest absolute Gasteiger partial charge is 0.447 e. The van der Waals surface area contributed by atoms with Crippen LogP contribution in [0.4, 0.5) is 4.79 Å². The van der Waals surface area contributed by atoms with E-state index in [2.05, 4.69) is 10.3 Å². The molecule has 0 bridgehead atoms. The molecule has 1 saturated heterocycles. The Labute approximate surface area is 135 Å². The molecule has 1 aliphatic heterocycles. The van der Waals surface area contributed by atoms with E-state index in [1.807, 2.05) is 0 Å². The number of rotatable bonds is 5. The van der Waals surface area contributed by atoms with Crippen LogP contribution in [0.5, 0.6) is 0 Å². The van der Waals surface area contributed by atoms with Gasteiger partial charge in [-0.25, -0.2) is 4.79 Å². The molecule has 5 heteroatoms. The highest BCUT2D eigenvalue weighted by Gasteiger charge is 2.22. The molecule has 2 N–H and O–H groups in total. The lowest BCUT2D eigenvalue weighted by Crippen LogP contribution is -2.28. The summed E-state index contributed by atoms with van der Waals surface area (Å²) in [6.45, 7) is -5.83. The van der Waals surface area contributed by atoms with E-state index in [0.29, 0.717) is 26.9 Å². The van der Waals surface area contributed by atoms with E-state index in [9.17, 15) is 4.79 Å². The molecule has 5 nitrogen and oxygen atoms in total. The van der Waals surface area contributed by atoms with E-state index in [1.165, 1.54) is 0 Å². The van der Waals surface area contributed by atoms with Gasteiger partial charge < -0.3 is 19.9 Å². The third-order valence-electron chi connectivity index (χ3n) is 3.39. The van der Waals surface area contributed by atoms with Gasteiger partial charge in [-0.3, -0.25) is 0 Å². The Morgan fingerprint density at radius 3 is 3.19 bits per heavy atom. The molecule has 1 aromatic heterocycles. The van der Waals surface area contributed by atoms with Crippen molar-refractivity contribution in [3.63, 3.8) is 0 Å². The number of alkyl carbamates (subject to hydrolysis) is 1. The molecule has 3 rings (SSSR count). The Hall–Kier alpha value is -2.01. The molecule has 1 fully saturated rings. The molecule has 2 heterocycles. The van der Waals surface area contributed by atoms with Crippen molar-refractivity contribution in [1.29, 1.82) is 0 Å². The van der Waals surface area contributed by atoms with Crippen molar-refractivity contribution in [2.75, 3.05) is 27.1 Å². The minimum Gasteiger partial charge on any atom is -0.447 e. The zero-order valence-corrected chi connectivity index (χ0v) is 11.3. The van der Waals surface area contributed by atoms with Gasteiger partial charge in [-0.1, -0.05) is 6.07 Å². The molecular formula is C16H21N3O2. The van der Waals surface area contributed by atoms with Crippen molar-refractivity contribution in [1.82, 2.24) is 15.2 Å².